The maximum absolute atomic E-state index is 10.9. The quantitative estimate of drug-likeness (QED) is 0.377. The first-order valence-electron chi connectivity index (χ1n) is 3.39. The Hall–Kier alpha value is -0.480. The number of rotatable bonds is 3. The van der Waals surface area contributed by atoms with Crippen LogP contribution < -0.4 is 5.73 Å². The predicted octanol–water partition coefficient (Wildman–Crippen LogP) is 0.712. The molecule has 0 aliphatic rings. The minimum Gasteiger partial charge on any atom is -0.462 e. The SMILES string of the molecule is CCOC(=O)/C(S)=C(\C)CN. The molecular weight excluding hydrogens is 162 g/mol. The van der Waals surface area contributed by atoms with Gasteiger partial charge in [0, 0.05) is 6.54 Å². The number of thiol groups is 1. The first-order valence-corrected chi connectivity index (χ1v) is 3.84. The summed E-state index contributed by atoms with van der Waals surface area (Å²) in [5.74, 6) is -0.404. The van der Waals surface area contributed by atoms with Gasteiger partial charge in [-0.15, -0.1) is 12.6 Å². The highest BCUT2D eigenvalue weighted by molar-refractivity contribution is 7.85. The van der Waals surface area contributed by atoms with Gasteiger partial charge in [0.25, 0.3) is 0 Å². The van der Waals surface area contributed by atoms with Crippen molar-refractivity contribution < 1.29 is 9.53 Å². The van der Waals surface area contributed by atoms with E-state index in [0.29, 0.717) is 18.1 Å². The lowest BCUT2D eigenvalue weighted by Gasteiger charge is -2.03. The van der Waals surface area contributed by atoms with E-state index in [1.54, 1.807) is 13.8 Å². The third-order valence-corrected chi connectivity index (χ3v) is 1.74. The molecule has 0 unspecified atom stereocenters. The number of carbonyl (C=O) groups is 1. The lowest BCUT2D eigenvalue weighted by molar-refractivity contribution is -0.137. The smallest absolute Gasteiger partial charge is 0.344 e. The van der Waals surface area contributed by atoms with E-state index in [9.17, 15) is 4.79 Å². The highest BCUT2D eigenvalue weighted by Crippen LogP contribution is 2.08. The van der Waals surface area contributed by atoms with Gasteiger partial charge in [-0.25, -0.2) is 4.79 Å². The van der Waals surface area contributed by atoms with Gasteiger partial charge >= 0.3 is 5.97 Å². The maximum Gasteiger partial charge on any atom is 0.344 e. The molecule has 0 spiro atoms. The Kier molecular flexibility index (Phi) is 4.98. The molecule has 0 heterocycles. The van der Waals surface area contributed by atoms with Crippen molar-refractivity contribution in [1.82, 2.24) is 0 Å². The van der Waals surface area contributed by atoms with Gasteiger partial charge in [-0.3, -0.25) is 0 Å². The molecular formula is C7H13NO2S. The van der Waals surface area contributed by atoms with Gasteiger partial charge in [0.15, 0.2) is 0 Å². The Bertz CT molecular complexity index is 177. The zero-order valence-corrected chi connectivity index (χ0v) is 7.65. The van der Waals surface area contributed by atoms with Crippen LogP contribution in [-0.4, -0.2) is 19.1 Å². The van der Waals surface area contributed by atoms with Crippen molar-refractivity contribution in [2.45, 2.75) is 13.8 Å². The van der Waals surface area contributed by atoms with Crippen molar-refractivity contribution >= 4 is 18.6 Å². The fraction of sp³-hybridized carbons (Fsp3) is 0.571. The lowest BCUT2D eigenvalue weighted by atomic mass is 10.3. The molecule has 0 saturated heterocycles. The van der Waals surface area contributed by atoms with Crippen molar-refractivity contribution in [3.8, 4) is 0 Å². The number of hydrogen-bond donors (Lipinski definition) is 2. The number of hydrogen-bond acceptors (Lipinski definition) is 4. The molecule has 0 aliphatic carbocycles. The summed E-state index contributed by atoms with van der Waals surface area (Å²) in [5, 5.41) is 0. The summed E-state index contributed by atoms with van der Waals surface area (Å²) < 4.78 is 4.70. The highest BCUT2D eigenvalue weighted by Gasteiger charge is 2.07. The molecule has 64 valence electrons. The molecule has 0 aliphatic heterocycles. The molecule has 3 nitrogen and oxygen atoms in total. The minimum absolute atomic E-state index is 0.314. The molecule has 0 aromatic rings. The van der Waals surface area contributed by atoms with Crippen LogP contribution in [0.3, 0.4) is 0 Å². The molecule has 0 bridgehead atoms. The average molecular weight is 175 g/mol. The Morgan fingerprint density at radius 3 is 2.55 bits per heavy atom. The van der Waals surface area contributed by atoms with Crippen LogP contribution >= 0.6 is 12.6 Å². The van der Waals surface area contributed by atoms with Gasteiger partial charge < -0.3 is 10.5 Å². The largest absolute Gasteiger partial charge is 0.462 e. The molecule has 0 fully saturated rings. The monoisotopic (exact) mass is 175 g/mol. The molecule has 0 saturated carbocycles. The number of ether oxygens (including phenoxy) is 1. The van der Waals surface area contributed by atoms with Crippen LogP contribution in [0.4, 0.5) is 0 Å². The van der Waals surface area contributed by atoms with Gasteiger partial charge in [0.1, 0.15) is 0 Å². The Morgan fingerprint density at radius 1 is 1.64 bits per heavy atom. The van der Waals surface area contributed by atoms with Crippen molar-refractivity contribution in [1.29, 1.82) is 0 Å². The average Bonchev–Trinajstić information content (AvgIpc) is 2.02. The van der Waals surface area contributed by atoms with Crippen LogP contribution in [0.5, 0.6) is 0 Å². The van der Waals surface area contributed by atoms with E-state index in [4.69, 9.17) is 10.5 Å². The van der Waals surface area contributed by atoms with Crippen molar-refractivity contribution in [3.63, 3.8) is 0 Å². The van der Waals surface area contributed by atoms with Gasteiger partial charge in [-0.05, 0) is 19.4 Å². The zero-order valence-electron chi connectivity index (χ0n) is 6.76. The van der Waals surface area contributed by atoms with Crippen molar-refractivity contribution in [2.75, 3.05) is 13.2 Å². The third-order valence-electron chi connectivity index (χ3n) is 1.18. The number of esters is 1. The van der Waals surface area contributed by atoms with Crippen LogP contribution in [0.2, 0.25) is 0 Å². The van der Waals surface area contributed by atoms with Crippen molar-refractivity contribution in [3.05, 3.63) is 10.5 Å². The van der Waals surface area contributed by atoms with Gasteiger partial charge in [0.2, 0.25) is 0 Å². The summed E-state index contributed by atoms with van der Waals surface area (Å²) in [5.41, 5.74) is 6.03. The standard InChI is InChI=1S/C7H13NO2S/c1-3-10-7(9)6(11)5(2)4-8/h11H,3-4,8H2,1-2H3/b6-5-. The van der Waals surface area contributed by atoms with E-state index >= 15 is 0 Å². The van der Waals surface area contributed by atoms with E-state index in [1.807, 2.05) is 0 Å². The molecule has 0 aromatic carbocycles. The molecule has 0 rings (SSSR count). The molecule has 0 aromatic heterocycles. The van der Waals surface area contributed by atoms with Gasteiger partial charge in [-0.2, -0.15) is 0 Å². The van der Waals surface area contributed by atoms with Crippen LogP contribution in [0.1, 0.15) is 13.8 Å². The summed E-state index contributed by atoms with van der Waals surface area (Å²) in [4.78, 5) is 11.2. The highest BCUT2D eigenvalue weighted by atomic mass is 32.1. The summed E-state index contributed by atoms with van der Waals surface area (Å²) >= 11 is 3.96. The third kappa shape index (κ3) is 3.43. The molecule has 11 heavy (non-hydrogen) atoms. The van der Waals surface area contributed by atoms with Crippen LogP contribution in [0, 0.1) is 0 Å². The van der Waals surface area contributed by atoms with Crippen molar-refractivity contribution in [2.24, 2.45) is 5.73 Å². The maximum atomic E-state index is 10.9. The molecule has 0 amide bonds. The Morgan fingerprint density at radius 2 is 2.18 bits per heavy atom. The van der Waals surface area contributed by atoms with Gasteiger partial charge in [-0.1, -0.05) is 0 Å². The summed E-state index contributed by atoms with van der Waals surface area (Å²) in [7, 11) is 0. The van der Waals surface area contributed by atoms with Crippen LogP contribution in [0.25, 0.3) is 0 Å². The summed E-state index contributed by atoms with van der Waals surface area (Å²) in [6.45, 7) is 4.19. The predicted molar refractivity (Wildman–Crippen MR) is 47.4 cm³/mol. The second-order valence-corrected chi connectivity index (χ2v) is 2.50. The first kappa shape index (κ1) is 10.5. The van der Waals surface area contributed by atoms with E-state index in [0.717, 1.165) is 5.57 Å². The fourth-order valence-corrected chi connectivity index (χ4v) is 0.626. The number of nitrogens with two attached hydrogens (primary N) is 1. The fourth-order valence-electron chi connectivity index (χ4n) is 0.470. The normalized spacial score (nSPS) is 12.4. The van der Waals surface area contributed by atoms with E-state index < -0.39 is 5.97 Å². The summed E-state index contributed by atoms with van der Waals surface area (Å²) in [6, 6.07) is 0. The first-order chi connectivity index (χ1) is 5.13. The van der Waals surface area contributed by atoms with Crippen LogP contribution in [-0.2, 0) is 9.53 Å². The van der Waals surface area contributed by atoms with E-state index in [2.05, 4.69) is 12.6 Å². The lowest BCUT2D eigenvalue weighted by Crippen LogP contribution is -2.09. The molecule has 2 N–H and O–H groups in total. The second-order valence-electron chi connectivity index (χ2n) is 2.05. The molecule has 0 atom stereocenters. The number of carbonyl (C=O) groups excluding carboxylic acids is 1. The Labute approximate surface area is 72.0 Å². The van der Waals surface area contributed by atoms with Crippen LogP contribution in [0.15, 0.2) is 10.5 Å². The van der Waals surface area contributed by atoms with E-state index in [-0.39, 0.29) is 0 Å². The van der Waals surface area contributed by atoms with Gasteiger partial charge in [0.05, 0.1) is 11.5 Å². The summed E-state index contributed by atoms with van der Waals surface area (Å²) in [6.07, 6.45) is 0. The zero-order chi connectivity index (χ0) is 8.85. The van der Waals surface area contributed by atoms with E-state index in [1.165, 1.54) is 0 Å². The topological polar surface area (TPSA) is 52.3 Å². The Balaban J connectivity index is 4.22. The second kappa shape index (κ2) is 5.21. The minimum atomic E-state index is -0.404. The molecule has 4 heteroatoms. The molecule has 0 radical (unpaired) electrons.